The van der Waals surface area contributed by atoms with E-state index in [4.69, 9.17) is 0 Å². The highest BCUT2D eigenvalue weighted by Crippen LogP contribution is 2.36. The van der Waals surface area contributed by atoms with Crippen LogP contribution in [0.5, 0.6) is 5.75 Å². The van der Waals surface area contributed by atoms with Crippen molar-refractivity contribution in [3.05, 3.63) is 29.3 Å². The Morgan fingerprint density at radius 3 is 2.57 bits per heavy atom. The third-order valence-electron chi connectivity index (χ3n) is 4.60. The van der Waals surface area contributed by atoms with Crippen molar-refractivity contribution in [1.82, 2.24) is 9.21 Å². The van der Waals surface area contributed by atoms with Gasteiger partial charge in [0.2, 0.25) is 10.0 Å². The van der Waals surface area contributed by atoms with Gasteiger partial charge in [-0.2, -0.15) is 4.31 Å². The molecule has 1 aliphatic heterocycles. The zero-order valence-corrected chi connectivity index (χ0v) is 13.1. The number of phenols is 1. The number of aromatic hydroxyl groups is 1. The number of sulfonamides is 1. The Labute approximate surface area is 126 Å². The number of hydrogen-bond acceptors (Lipinski definition) is 4. The normalized spacial score (nSPS) is 24.7. The largest absolute Gasteiger partial charge is 0.508 e. The molecule has 0 aromatic heterocycles. The Morgan fingerprint density at radius 1 is 1.19 bits per heavy atom. The fourth-order valence-electron chi connectivity index (χ4n) is 3.49. The minimum Gasteiger partial charge on any atom is -0.508 e. The molecule has 1 aromatic rings. The molecule has 0 bridgehead atoms. The van der Waals surface area contributed by atoms with E-state index >= 15 is 0 Å². The second kappa shape index (κ2) is 5.59. The molecule has 5 nitrogen and oxygen atoms in total. The van der Waals surface area contributed by atoms with Gasteiger partial charge in [-0.15, -0.1) is 0 Å². The van der Waals surface area contributed by atoms with E-state index in [-0.39, 0.29) is 0 Å². The molecule has 1 saturated heterocycles. The maximum atomic E-state index is 11.6. The van der Waals surface area contributed by atoms with Gasteiger partial charge in [-0.3, -0.25) is 4.90 Å². The lowest BCUT2D eigenvalue weighted by molar-refractivity contribution is 0.125. The van der Waals surface area contributed by atoms with Crippen LogP contribution in [0.25, 0.3) is 0 Å². The molecule has 1 unspecified atom stereocenters. The van der Waals surface area contributed by atoms with E-state index in [0.717, 1.165) is 32.4 Å². The second-order valence-corrected chi connectivity index (χ2v) is 7.97. The number of hydrogen-bond donors (Lipinski definition) is 1. The second-order valence-electron chi connectivity index (χ2n) is 5.99. The standard InChI is InChI=1S/C15H22N2O3S/c1-21(19,20)17-9-7-16(8-10-17)15-4-2-3-12-5-6-13(18)11-14(12)15/h5-6,11,15,18H,2-4,7-10H2,1H3. The predicted octanol–water partition coefficient (Wildman–Crippen LogP) is 1.35. The van der Waals surface area contributed by atoms with Crippen LogP contribution >= 0.6 is 0 Å². The molecule has 2 aliphatic rings. The fraction of sp³-hybridized carbons (Fsp3) is 0.600. The molecule has 0 spiro atoms. The molecule has 1 fully saturated rings. The minimum atomic E-state index is -3.08. The van der Waals surface area contributed by atoms with Crippen molar-refractivity contribution < 1.29 is 13.5 Å². The molecule has 0 radical (unpaired) electrons. The monoisotopic (exact) mass is 310 g/mol. The van der Waals surface area contributed by atoms with Crippen molar-refractivity contribution in [2.24, 2.45) is 0 Å². The molecule has 1 atom stereocenters. The lowest BCUT2D eigenvalue weighted by Crippen LogP contribution is -2.49. The molecule has 116 valence electrons. The first-order chi connectivity index (χ1) is 9.95. The highest BCUT2D eigenvalue weighted by molar-refractivity contribution is 7.88. The van der Waals surface area contributed by atoms with Crippen LogP contribution in [0.1, 0.15) is 30.0 Å². The Kier molecular flexibility index (Phi) is 3.94. The summed E-state index contributed by atoms with van der Waals surface area (Å²) in [5, 5.41) is 9.75. The fourth-order valence-corrected chi connectivity index (χ4v) is 4.31. The Balaban J connectivity index is 1.77. The number of fused-ring (bicyclic) bond motifs is 1. The molecule has 1 heterocycles. The van der Waals surface area contributed by atoms with E-state index in [0.29, 0.717) is 24.9 Å². The lowest BCUT2D eigenvalue weighted by atomic mass is 9.86. The first-order valence-electron chi connectivity index (χ1n) is 7.46. The predicted molar refractivity (Wildman–Crippen MR) is 81.8 cm³/mol. The van der Waals surface area contributed by atoms with E-state index < -0.39 is 10.0 Å². The summed E-state index contributed by atoms with van der Waals surface area (Å²) in [6.07, 6.45) is 4.57. The van der Waals surface area contributed by atoms with Gasteiger partial charge >= 0.3 is 0 Å². The van der Waals surface area contributed by atoms with Crippen LogP contribution in [-0.4, -0.2) is 55.2 Å². The highest BCUT2D eigenvalue weighted by atomic mass is 32.2. The van der Waals surface area contributed by atoms with Crippen LogP contribution in [-0.2, 0) is 16.4 Å². The summed E-state index contributed by atoms with van der Waals surface area (Å²) in [6, 6.07) is 5.96. The number of benzene rings is 1. The number of piperazine rings is 1. The van der Waals surface area contributed by atoms with Crippen LogP contribution in [0.3, 0.4) is 0 Å². The van der Waals surface area contributed by atoms with Gasteiger partial charge < -0.3 is 5.11 Å². The van der Waals surface area contributed by atoms with Crippen molar-refractivity contribution in [3.63, 3.8) is 0 Å². The Bertz CT molecular complexity index is 622. The molecule has 1 aliphatic carbocycles. The van der Waals surface area contributed by atoms with Crippen LogP contribution in [0.15, 0.2) is 18.2 Å². The zero-order chi connectivity index (χ0) is 15.0. The van der Waals surface area contributed by atoms with Gasteiger partial charge in [0.05, 0.1) is 6.26 Å². The highest BCUT2D eigenvalue weighted by Gasteiger charge is 2.31. The number of aryl methyl sites for hydroxylation is 1. The summed E-state index contributed by atoms with van der Waals surface area (Å²) in [5.74, 6) is 0.315. The summed E-state index contributed by atoms with van der Waals surface area (Å²) in [4.78, 5) is 2.36. The van der Waals surface area contributed by atoms with E-state index in [1.165, 1.54) is 17.4 Å². The first kappa shape index (κ1) is 14.8. The van der Waals surface area contributed by atoms with E-state index in [1.54, 1.807) is 10.4 Å². The van der Waals surface area contributed by atoms with Gasteiger partial charge in [0, 0.05) is 32.2 Å². The summed E-state index contributed by atoms with van der Waals surface area (Å²) in [7, 11) is -3.08. The summed E-state index contributed by atoms with van der Waals surface area (Å²) < 4.78 is 24.7. The topological polar surface area (TPSA) is 60.9 Å². The molecule has 21 heavy (non-hydrogen) atoms. The van der Waals surface area contributed by atoms with E-state index in [9.17, 15) is 13.5 Å². The number of rotatable bonds is 2. The SMILES string of the molecule is CS(=O)(=O)N1CCN(C2CCCc3ccc(O)cc32)CC1. The quantitative estimate of drug-likeness (QED) is 0.896. The smallest absolute Gasteiger partial charge is 0.211 e. The van der Waals surface area contributed by atoms with Gasteiger partial charge in [-0.05, 0) is 42.5 Å². The van der Waals surface area contributed by atoms with Gasteiger partial charge in [0.15, 0.2) is 0 Å². The molecule has 0 amide bonds. The molecular formula is C15H22N2O3S. The molecule has 1 N–H and O–H groups in total. The number of nitrogens with zero attached hydrogens (tertiary/aromatic N) is 2. The third kappa shape index (κ3) is 3.07. The Hall–Kier alpha value is -1.11. The van der Waals surface area contributed by atoms with Crippen LogP contribution < -0.4 is 0 Å². The van der Waals surface area contributed by atoms with Crippen molar-refractivity contribution in [2.45, 2.75) is 25.3 Å². The van der Waals surface area contributed by atoms with Crippen molar-refractivity contribution >= 4 is 10.0 Å². The maximum absolute atomic E-state index is 11.6. The minimum absolute atomic E-state index is 0.308. The van der Waals surface area contributed by atoms with Crippen molar-refractivity contribution in [1.29, 1.82) is 0 Å². The summed E-state index contributed by atoms with van der Waals surface area (Å²) in [5.41, 5.74) is 2.53. The molecular weight excluding hydrogens is 288 g/mol. The summed E-state index contributed by atoms with van der Waals surface area (Å²) in [6.45, 7) is 2.63. The van der Waals surface area contributed by atoms with E-state index in [2.05, 4.69) is 4.90 Å². The summed E-state index contributed by atoms with van der Waals surface area (Å²) >= 11 is 0. The van der Waals surface area contributed by atoms with Crippen molar-refractivity contribution in [2.75, 3.05) is 32.4 Å². The van der Waals surface area contributed by atoms with Gasteiger partial charge in [-0.1, -0.05) is 6.07 Å². The lowest BCUT2D eigenvalue weighted by Gasteiger charge is -2.40. The van der Waals surface area contributed by atoms with Crippen molar-refractivity contribution in [3.8, 4) is 5.75 Å². The van der Waals surface area contributed by atoms with Crippen LogP contribution in [0.4, 0.5) is 0 Å². The Morgan fingerprint density at radius 2 is 1.90 bits per heavy atom. The molecule has 1 aromatic carbocycles. The molecule has 0 saturated carbocycles. The molecule has 3 rings (SSSR count). The van der Waals surface area contributed by atoms with Gasteiger partial charge in [0.25, 0.3) is 0 Å². The van der Waals surface area contributed by atoms with Crippen LogP contribution in [0.2, 0.25) is 0 Å². The van der Waals surface area contributed by atoms with Gasteiger partial charge in [0.1, 0.15) is 5.75 Å². The van der Waals surface area contributed by atoms with Gasteiger partial charge in [-0.25, -0.2) is 8.42 Å². The first-order valence-corrected chi connectivity index (χ1v) is 9.31. The molecule has 6 heteroatoms. The average molecular weight is 310 g/mol. The average Bonchev–Trinajstić information content (AvgIpc) is 2.46. The number of phenolic OH excluding ortho intramolecular Hbond substituents is 1. The maximum Gasteiger partial charge on any atom is 0.211 e. The van der Waals surface area contributed by atoms with Crippen LogP contribution in [0, 0.1) is 0 Å². The zero-order valence-electron chi connectivity index (χ0n) is 12.3. The third-order valence-corrected chi connectivity index (χ3v) is 5.90. The van der Waals surface area contributed by atoms with E-state index in [1.807, 2.05) is 12.1 Å².